The Hall–Kier alpha value is -1.71. The van der Waals surface area contributed by atoms with Crippen molar-refractivity contribution in [3.8, 4) is 18.2 Å². The van der Waals surface area contributed by atoms with Crippen LogP contribution in [0.2, 0.25) is 10.0 Å². The highest BCUT2D eigenvalue weighted by Crippen LogP contribution is 2.35. The molecule has 0 aliphatic carbocycles. The number of terminal acetylenes is 1. The van der Waals surface area contributed by atoms with Crippen LogP contribution < -0.4 is 10.5 Å². The van der Waals surface area contributed by atoms with E-state index in [2.05, 4.69) is 10.9 Å². The second-order valence-corrected chi connectivity index (χ2v) is 5.34. The molecule has 0 saturated heterocycles. The minimum atomic E-state index is -1.12. The molecule has 0 fully saturated rings. The van der Waals surface area contributed by atoms with E-state index in [1.807, 2.05) is 0 Å². The van der Waals surface area contributed by atoms with Crippen molar-refractivity contribution in [1.82, 2.24) is 4.98 Å². The summed E-state index contributed by atoms with van der Waals surface area (Å²) in [5.74, 6) is 0.111. The third-order valence-electron chi connectivity index (χ3n) is 2.37. The fourth-order valence-corrected chi connectivity index (χ4v) is 1.53. The molecule has 1 atom stereocenters. The number of nitrogen functional groups attached to an aromatic ring is 1. The fourth-order valence-electron chi connectivity index (χ4n) is 1.17. The number of pyridine rings is 1. The summed E-state index contributed by atoms with van der Waals surface area (Å²) in [6, 6.07) is 0. The maximum atomic E-state index is 13.4. The average molecular weight is 335 g/mol. The van der Waals surface area contributed by atoms with Crippen molar-refractivity contribution in [1.29, 1.82) is 0 Å². The largest absolute Gasteiger partial charge is 0.461 e. The first kappa shape index (κ1) is 17.3. The molecule has 0 saturated carbocycles. The lowest BCUT2D eigenvalue weighted by Crippen LogP contribution is -2.34. The summed E-state index contributed by atoms with van der Waals surface area (Å²) in [7, 11) is 0. The zero-order valence-electron chi connectivity index (χ0n) is 11.5. The van der Waals surface area contributed by atoms with Crippen LogP contribution >= 0.6 is 23.2 Å². The molecule has 1 rings (SSSR count). The highest BCUT2D eigenvalue weighted by molar-refractivity contribution is 6.39. The van der Waals surface area contributed by atoms with Crippen LogP contribution in [0.5, 0.6) is 5.88 Å². The molecule has 0 unspecified atom stereocenters. The van der Waals surface area contributed by atoms with Gasteiger partial charge in [0.05, 0.1) is 5.69 Å². The van der Waals surface area contributed by atoms with Crippen LogP contribution in [0.3, 0.4) is 0 Å². The van der Waals surface area contributed by atoms with Gasteiger partial charge < -0.3 is 15.2 Å². The number of ether oxygens (including phenoxy) is 2. The molecule has 5 nitrogen and oxygen atoms in total. The van der Waals surface area contributed by atoms with Crippen LogP contribution in [0.4, 0.5) is 10.1 Å². The highest BCUT2D eigenvalue weighted by Gasteiger charge is 2.27. The SMILES string of the molecule is C#CC(C)(C)OC(=O)[C@@H](C)Oc1nc(F)c(Cl)c(N)c1Cl. The second-order valence-electron chi connectivity index (χ2n) is 4.59. The van der Waals surface area contributed by atoms with Crippen LogP contribution in [-0.2, 0) is 9.53 Å². The lowest BCUT2D eigenvalue weighted by Gasteiger charge is -2.22. The number of nitrogens with two attached hydrogens (primary N) is 1. The van der Waals surface area contributed by atoms with Crippen LogP contribution in [0.25, 0.3) is 0 Å². The summed E-state index contributed by atoms with van der Waals surface area (Å²) in [6.45, 7) is 4.43. The molecule has 1 heterocycles. The lowest BCUT2D eigenvalue weighted by atomic mass is 10.1. The molecule has 0 spiro atoms. The third-order valence-corrected chi connectivity index (χ3v) is 3.09. The van der Waals surface area contributed by atoms with Gasteiger partial charge in [0.2, 0.25) is 11.8 Å². The molecule has 1 aromatic heterocycles. The van der Waals surface area contributed by atoms with Crippen LogP contribution in [0.15, 0.2) is 0 Å². The van der Waals surface area contributed by atoms with Crippen molar-refractivity contribution in [2.45, 2.75) is 32.5 Å². The number of carbonyl (C=O) groups excluding carboxylic acids is 1. The van der Waals surface area contributed by atoms with Gasteiger partial charge in [-0.25, -0.2) is 4.79 Å². The molecule has 21 heavy (non-hydrogen) atoms. The molecular weight excluding hydrogens is 322 g/mol. The number of carbonyl (C=O) groups is 1. The van der Waals surface area contributed by atoms with Gasteiger partial charge in [-0.3, -0.25) is 0 Å². The zero-order chi connectivity index (χ0) is 16.4. The number of rotatable bonds is 4. The summed E-state index contributed by atoms with van der Waals surface area (Å²) in [5.41, 5.74) is 4.16. The van der Waals surface area contributed by atoms with E-state index in [1.165, 1.54) is 20.8 Å². The number of anilines is 1. The minimum absolute atomic E-state index is 0.197. The van der Waals surface area contributed by atoms with Crippen molar-refractivity contribution >= 4 is 34.9 Å². The van der Waals surface area contributed by atoms with Gasteiger partial charge in [0.25, 0.3) is 0 Å². The first-order valence-corrected chi connectivity index (χ1v) is 6.52. The Bertz CT molecular complexity index is 614. The molecular formula is C13H13Cl2FN2O3. The molecule has 0 bridgehead atoms. The van der Waals surface area contributed by atoms with Gasteiger partial charge in [0.1, 0.15) is 10.0 Å². The summed E-state index contributed by atoms with van der Waals surface area (Å²) >= 11 is 11.4. The molecule has 0 aromatic carbocycles. The van der Waals surface area contributed by atoms with Crippen LogP contribution in [-0.4, -0.2) is 22.7 Å². The smallest absolute Gasteiger partial charge is 0.348 e. The standard InChI is InChI=1S/C13H13Cl2FN2O3/c1-5-13(3,4)21-12(19)6(2)20-11-8(15)9(17)7(14)10(16)18-11/h1,6H,2-4H3,(H2,17,18)/t6-/m1/s1. The van der Waals surface area contributed by atoms with Crippen LogP contribution in [0, 0.1) is 18.3 Å². The first-order valence-electron chi connectivity index (χ1n) is 5.76. The predicted octanol–water partition coefficient (Wildman–Crippen LogP) is 2.83. The van der Waals surface area contributed by atoms with Crippen molar-refractivity contribution in [2.24, 2.45) is 0 Å². The molecule has 0 radical (unpaired) electrons. The van der Waals surface area contributed by atoms with Gasteiger partial charge in [0, 0.05) is 0 Å². The number of halogens is 3. The zero-order valence-corrected chi connectivity index (χ0v) is 13.0. The van der Waals surface area contributed by atoms with E-state index in [1.54, 1.807) is 0 Å². The van der Waals surface area contributed by atoms with Gasteiger partial charge in [-0.05, 0) is 20.8 Å². The number of nitrogens with zero attached hydrogens (tertiary/aromatic N) is 1. The van der Waals surface area contributed by atoms with Crippen molar-refractivity contribution in [3.63, 3.8) is 0 Å². The van der Waals surface area contributed by atoms with E-state index in [9.17, 15) is 9.18 Å². The molecule has 0 aliphatic rings. The van der Waals surface area contributed by atoms with E-state index in [4.69, 9.17) is 44.8 Å². The highest BCUT2D eigenvalue weighted by atomic mass is 35.5. The summed E-state index contributed by atoms with van der Waals surface area (Å²) in [5, 5.41) is -0.617. The number of hydrogen-bond acceptors (Lipinski definition) is 5. The average Bonchev–Trinajstić information content (AvgIpc) is 2.41. The van der Waals surface area contributed by atoms with E-state index in [0.29, 0.717) is 0 Å². The topological polar surface area (TPSA) is 74.4 Å². The van der Waals surface area contributed by atoms with Crippen molar-refractivity contribution < 1.29 is 18.7 Å². The number of aromatic nitrogens is 1. The Kier molecular flexibility index (Phi) is 5.26. The molecule has 0 aliphatic heterocycles. The van der Waals surface area contributed by atoms with Crippen molar-refractivity contribution in [2.75, 3.05) is 5.73 Å². The summed E-state index contributed by atoms with van der Waals surface area (Å²) in [4.78, 5) is 15.2. The summed E-state index contributed by atoms with van der Waals surface area (Å²) < 4.78 is 23.6. The van der Waals surface area contributed by atoms with E-state index < -0.39 is 28.6 Å². The Morgan fingerprint density at radius 1 is 1.48 bits per heavy atom. The monoisotopic (exact) mass is 334 g/mol. The van der Waals surface area contributed by atoms with Gasteiger partial charge in [-0.15, -0.1) is 6.42 Å². The Morgan fingerprint density at radius 3 is 2.57 bits per heavy atom. The van der Waals surface area contributed by atoms with E-state index >= 15 is 0 Å². The maximum absolute atomic E-state index is 13.4. The molecule has 1 aromatic rings. The second kappa shape index (κ2) is 6.37. The van der Waals surface area contributed by atoms with E-state index in [-0.39, 0.29) is 16.6 Å². The predicted molar refractivity (Wildman–Crippen MR) is 77.7 cm³/mol. The van der Waals surface area contributed by atoms with Gasteiger partial charge in [-0.1, -0.05) is 29.1 Å². The Labute approximate surface area is 131 Å². The van der Waals surface area contributed by atoms with Gasteiger partial charge >= 0.3 is 5.97 Å². The first-order chi connectivity index (χ1) is 9.59. The normalized spacial score (nSPS) is 12.4. The number of hydrogen-bond donors (Lipinski definition) is 1. The molecule has 114 valence electrons. The third kappa shape index (κ3) is 4.13. The van der Waals surface area contributed by atoms with Gasteiger partial charge in [0.15, 0.2) is 11.7 Å². The van der Waals surface area contributed by atoms with Crippen molar-refractivity contribution in [3.05, 3.63) is 16.0 Å². The maximum Gasteiger partial charge on any atom is 0.348 e. The van der Waals surface area contributed by atoms with E-state index in [0.717, 1.165) is 0 Å². The lowest BCUT2D eigenvalue weighted by molar-refractivity contribution is -0.159. The molecule has 0 amide bonds. The molecule has 8 heteroatoms. The fraction of sp³-hybridized carbons (Fsp3) is 0.385. The van der Waals surface area contributed by atoms with Crippen LogP contribution in [0.1, 0.15) is 20.8 Å². The number of esters is 1. The Balaban J connectivity index is 2.92. The summed E-state index contributed by atoms with van der Waals surface area (Å²) in [6.07, 6.45) is 4.08. The Morgan fingerprint density at radius 2 is 2.05 bits per heavy atom. The minimum Gasteiger partial charge on any atom is -0.461 e. The van der Waals surface area contributed by atoms with Gasteiger partial charge in [-0.2, -0.15) is 9.37 Å². The molecule has 2 N–H and O–H groups in total. The quantitative estimate of drug-likeness (QED) is 0.520.